The minimum Gasteiger partial charge on any atom is -0.399 e. The maximum absolute atomic E-state index is 4.85. The molecule has 0 N–H and O–H groups in total. The standard InChI is InChI=1S/C12H17NO/c1-4-7-12(13-14-3)11-9-6-5-8-10(11)2/h5-6,8-9H,4,7H2,1-3H3/b13-12+. The number of hydrogen-bond acceptors (Lipinski definition) is 2. The van der Waals surface area contributed by atoms with Gasteiger partial charge in [-0.05, 0) is 18.9 Å². The Morgan fingerprint density at radius 2 is 2.07 bits per heavy atom. The molecule has 0 radical (unpaired) electrons. The first kappa shape index (κ1) is 10.8. The van der Waals surface area contributed by atoms with Crippen LogP contribution in [0.15, 0.2) is 29.4 Å². The Hall–Kier alpha value is -1.31. The van der Waals surface area contributed by atoms with Crippen LogP contribution in [0.3, 0.4) is 0 Å². The Labute approximate surface area is 85.6 Å². The van der Waals surface area contributed by atoms with E-state index < -0.39 is 0 Å². The first-order valence-corrected chi connectivity index (χ1v) is 4.95. The van der Waals surface area contributed by atoms with Gasteiger partial charge in [0.05, 0.1) is 5.71 Å². The van der Waals surface area contributed by atoms with E-state index in [1.807, 2.05) is 12.1 Å². The van der Waals surface area contributed by atoms with Gasteiger partial charge in [-0.2, -0.15) is 0 Å². The molecule has 0 aliphatic heterocycles. The highest BCUT2D eigenvalue weighted by atomic mass is 16.6. The molecular weight excluding hydrogens is 174 g/mol. The summed E-state index contributed by atoms with van der Waals surface area (Å²) in [4.78, 5) is 4.85. The minimum absolute atomic E-state index is 0.957. The van der Waals surface area contributed by atoms with Crippen molar-refractivity contribution in [1.29, 1.82) is 0 Å². The van der Waals surface area contributed by atoms with Crippen molar-refractivity contribution in [2.45, 2.75) is 26.7 Å². The Bertz CT molecular complexity index is 318. The predicted molar refractivity (Wildman–Crippen MR) is 59.6 cm³/mol. The summed E-state index contributed by atoms with van der Waals surface area (Å²) in [6.07, 6.45) is 2.04. The molecule has 1 aromatic rings. The summed E-state index contributed by atoms with van der Waals surface area (Å²) in [6.45, 7) is 4.24. The molecule has 0 saturated carbocycles. The molecule has 0 unspecified atom stereocenters. The lowest BCUT2D eigenvalue weighted by Gasteiger charge is -2.07. The molecule has 14 heavy (non-hydrogen) atoms. The quantitative estimate of drug-likeness (QED) is 0.529. The van der Waals surface area contributed by atoms with E-state index in [0.29, 0.717) is 0 Å². The Morgan fingerprint density at radius 1 is 1.36 bits per heavy atom. The summed E-state index contributed by atoms with van der Waals surface area (Å²) in [5.41, 5.74) is 3.47. The van der Waals surface area contributed by atoms with E-state index >= 15 is 0 Å². The lowest BCUT2D eigenvalue weighted by atomic mass is 10.0. The number of rotatable bonds is 4. The predicted octanol–water partition coefficient (Wildman–Crippen LogP) is 3.15. The second-order valence-electron chi connectivity index (χ2n) is 3.29. The van der Waals surface area contributed by atoms with Gasteiger partial charge in [0.1, 0.15) is 7.11 Å². The van der Waals surface area contributed by atoms with Crippen LogP contribution in [0.1, 0.15) is 30.9 Å². The minimum atomic E-state index is 0.957. The summed E-state index contributed by atoms with van der Waals surface area (Å²) >= 11 is 0. The Kier molecular flexibility index (Phi) is 4.17. The molecule has 76 valence electrons. The molecule has 0 aromatic heterocycles. The molecule has 2 nitrogen and oxygen atoms in total. The van der Waals surface area contributed by atoms with Gasteiger partial charge in [-0.3, -0.25) is 0 Å². The zero-order chi connectivity index (χ0) is 10.4. The highest BCUT2D eigenvalue weighted by molar-refractivity contribution is 6.01. The Balaban J connectivity index is 2.99. The number of oxime groups is 1. The third-order valence-electron chi connectivity index (χ3n) is 2.14. The molecule has 0 saturated heterocycles. The van der Waals surface area contributed by atoms with Crippen molar-refractivity contribution in [3.05, 3.63) is 35.4 Å². The first-order valence-electron chi connectivity index (χ1n) is 4.95. The Morgan fingerprint density at radius 3 is 2.64 bits per heavy atom. The van der Waals surface area contributed by atoms with Crippen LogP contribution in [-0.4, -0.2) is 12.8 Å². The van der Waals surface area contributed by atoms with Gasteiger partial charge in [0, 0.05) is 5.56 Å². The maximum Gasteiger partial charge on any atom is 0.106 e. The fraction of sp³-hybridized carbons (Fsp3) is 0.417. The third kappa shape index (κ3) is 2.59. The molecule has 0 bridgehead atoms. The average molecular weight is 191 g/mol. The normalized spacial score (nSPS) is 11.5. The molecule has 2 heteroatoms. The van der Waals surface area contributed by atoms with Crippen molar-refractivity contribution in [3.8, 4) is 0 Å². The molecule has 0 atom stereocenters. The van der Waals surface area contributed by atoms with E-state index in [0.717, 1.165) is 18.6 Å². The molecule has 0 spiro atoms. The summed E-state index contributed by atoms with van der Waals surface area (Å²) < 4.78 is 0. The molecule has 0 fully saturated rings. The third-order valence-corrected chi connectivity index (χ3v) is 2.14. The molecule has 0 aliphatic carbocycles. The van der Waals surface area contributed by atoms with E-state index in [1.54, 1.807) is 7.11 Å². The molecule has 0 amide bonds. The zero-order valence-corrected chi connectivity index (χ0v) is 9.08. The van der Waals surface area contributed by atoms with Crippen LogP contribution >= 0.6 is 0 Å². The van der Waals surface area contributed by atoms with Gasteiger partial charge >= 0.3 is 0 Å². The van der Waals surface area contributed by atoms with Crippen molar-refractivity contribution >= 4 is 5.71 Å². The second-order valence-corrected chi connectivity index (χ2v) is 3.29. The van der Waals surface area contributed by atoms with Crippen molar-refractivity contribution in [1.82, 2.24) is 0 Å². The maximum atomic E-state index is 4.85. The van der Waals surface area contributed by atoms with Crippen molar-refractivity contribution in [2.75, 3.05) is 7.11 Å². The molecular formula is C12H17NO. The number of benzene rings is 1. The van der Waals surface area contributed by atoms with E-state index in [4.69, 9.17) is 4.84 Å². The van der Waals surface area contributed by atoms with E-state index in [1.165, 1.54) is 11.1 Å². The van der Waals surface area contributed by atoms with Crippen molar-refractivity contribution in [3.63, 3.8) is 0 Å². The fourth-order valence-electron chi connectivity index (χ4n) is 1.47. The SMILES string of the molecule is CCC/C(=N\OC)c1ccccc1C. The number of hydrogen-bond donors (Lipinski definition) is 0. The number of aryl methyl sites for hydroxylation is 1. The van der Waals surface area contributed by atoms with Crippen LogP contribution in [0.5, 0.6) is 0 Å². The van der Waals surface area contributed by atoms with E-state index in [9.17, 15) is 0 Å². The molecule has 1 aromatic carbocycles. The van der Waals surface area contributed by atoms with Gasteiger partial charge in [0.2, 0.25) is 0 Å². The highest BCUT2D eigenvalue weighted by Gasteiger charge is 2.05. The van der Waals surface area contributed by atoms with Gasteiger partial charge in [-0.15, -0.1) is 0 Å². The van der Waals surface area contributed by atoms with Crippen LogP contribution in [0.25, 0.3) is 0 Å². The largest absolute Gasteiger partial charge is 0.399 e. The summed E-state index contributed by atoms with van der Waals surface area (Å²) in [5, 5.41) is 4.06. The van der Waals surface area contributed by atoms with Gasteiger partial charge in [0.25, 0.3) is 0 Å². The summed E-state index contributed by atoms with van der Waals surface area (Å²) in [6, 6.07) is 8.25. The zero-order valence-electron chi connectivity index (χ0n) is 9.08. The topological polar surface area (TPSA) is 21.6 Å². The van der Waals surface area contributed by atoms with Crippen LogP contribution in [0.2, 0.25) is 0 Å². The first-order chi connectivity index (χ1) is 6.79. The van der Waals surface area contributed by atoms with E-state index in [2.05, 4.69) is 31.1 Å². The average Bonchev–Trinajstić information content (AvgIpc) is 2.18. The van der Waals surface area contributed by atoms with Crippen LogP contribution in [0, 0.1) is 6.92 Å². The van der Waals surface area contributed by atoms with Gasteiger partial charge in [-0.25, -0.2) is 0 Å². The van der Waals surface area contributed by atoms with Crippen molar-refractivity contribution in [2.24, 2.45) is 5.16 Å². The highest BCUT2D eigenvalue weighted by Crippen LogP contribution is 2.12. The molecule has 1 rings (SSSR count). The monoisotopic (exact) mass is 191 g/mol. The number of nitrogens with zero attached hydrogens (tertiary/aromatic N) is 1. The van der Waals surface area contributed by atoms with Gasteiger partial charge in [0.15, 0.2) is 0 Å². The van der Waals surface area contributed by atoms with Crippen LogP contribution in [0.4, 0.5) is 0 Å². The van der Waals surface area contributed by atoms with Crippen LogP contribution in [-0.2, 0) is 4.84 Å². The molecule has 0 aliphatic rings. The smallest absolute Gasteiger partial charge is 0.106 e. The summed E-state index contributed by atoms with van der Waals surface area (Å²) in [5.74, 6) is 0. The summed E-state index contributed by atoms with van der Waals surface area (Å²) in [7, 11) is 1.59. The van der Waals surface area contributed by atoms with E-state index in [-0.39, 0.29) is 0 Å². The van der Waals surface area contributed by atoms with Gasteiger partial charge < -0.3 is 4.84 Å². The lowest BCUT2D eigenvalue weighted by Crippen LogP contribution is -2.03. The fourth-order valence-corrected chi connectivity index (χ4v) is 1.47. The molecule has 0 heterocycles. The lowest BCUT2D eigenvalue weighted by molar-refractivity contribution is 0.213. The van der Waals surface area contributed by atoms with Crippen molar-refractivity contribution < 1.29 is 4.84 Å². The van der Waals surface area contributed by atoms with Gasteiger partial charge in [-0.1, -0.05) is 42.8 Å². The second kappa shape index (κ2) is 5.43. The van der Waals surface area contributed by atoms with Crippen LogP contribution < -0.4 is 0 Å².